The predicted molar refractivity (Wildman–Crippen MR) is 150 cm³/mol. The van der Waals surface area contributed by atoms with Gasteiger partial charge in [-0.05, 0) is 36.6 Å². The summed E-state index contributed by atoms with van der Waals surface area (Å²) in [7, 11) is 1.52. The Morgan fingerprint density at radius 2 is 2.08 bits per heavy atom. The van der Waals surface area contributed by atoms with E-state index in [1.165, 1.54) is 18.3 Å². The SMILES string of the molecule is COc1cc2ncnc3c2cc1OCCN(C(=O)CNC(CO)CO)CC(=O)NCCCc1ccc(Cl)cc1N3. The van der Waals surface area contributed by atoms with Crippen LogP contribution in [0.15, 0.2) is 36.7 Å². The Bertz CT molecular complexity index is 1340. The molecule has 13 heteroatoms. The van der Waals surface area contributed by atoms with Crippen LogP contribution in [0.3, 0.4) is 0 Å². The van der Waals surface area contributed by atoms with Crippen LogP contribution >= 0.6 is 11.6 Å². The van der Waals surface area contributed by atoms with Crippen LogP contribution in [0.1, 0.15) is 12.0 Å². The Morgan fingerprint density at radius 1 is 1.25 bits per heavy atom. The quantitative estimate of drug-likeness (QED) is 0.291. The molecule has 0 aliphatic carbocycles. The molecule has 1 aromatic heterocycles. The maximum absolute atomic E-state index is 13.0. The number of nitrogens with zero attached hydrogens (tertiary/aromatic N) is 3. The third-order valence-corrected chi connectivity index (χ3v) is 6.71. The molecule has 1 aliphatic rings. The summed E-state index contributed by atoms with van der Waals surface area (Å²) in [5.41, 5.74) is 2.42. The number of hydrogen-bond donors (Lipinski definition) is 5. The largest absolute Gasteiger partial charge is 0.493 e. The van der Waals surface area contributed by atoms with E-state index in [1.807, 2.05) is 18.2 Å². The molecule has 12 nitrogen and oxygen atoms in total. The van der Waals surface area contributed by atoms with Crippen molar-refractivity contribution in [2.45, 2.75) is 18.9 Å². The van der Waals surface area contributed by atoms with Crippen LogP contribution in [0.2, 0.25) is 5.02 Å². The van der Waals surface area contributed by atoms with Crippen molar-refractivity contribution in [3.05, 3.63) is 47.2 Å². The molecule has 0 unspecified atom stereocenters. The smallest absolute Gasteiger partial charge is 0.239 e. The molecule has 2 bridgehead atoms. The molecule has 2 amide bonds. The van der Waals surface area contributed by atoms with Crippen LogP contribution in [0, 0.1) is 0 Å². The normalized spacial score (nSPS) is 14.7. The van der Waals surface area contributed by atoms with E-state index in [-0.39, 0.29) is 51.3 Å². The van der Waals surface area contributed by atoms with Crippen LogP contribution in [-0.2, 0) is 16.0 Å². The number of nitrogens with one attached hydrogen (secondary N) is 3. The van der Waals surface area contributed by atoms with Crippen molar-refractivity contribution in [3.63, 3.8) is 0 Å². The number of halogens is 1. The molecule has 40 heavy (non-hydrogen) atoms. The van der Waals surface area contributed by atoms with Crippen LogP contribution < -0.4 is 25.4 Å². The number of rotatable bonds is 6. The van der Waals surface area contributed by atoms with E-state index in [2.05, 4.69) is 25.9 Å². The second kappa shape index (κ2) is 14.1. The lowest BCUT2D eigenvalue weighted by Crippen LogP contribution is -2.48. The molecule has 0 spiro atoms. The van der Waals surface area contributed by atoms with Gasteiger partial charge in [-0.2, -0.15) is 0 Å². The molecular weight excluding hydrogens is 540 g/mol. The fourth-order valence-electron chi connectivity index (χ4n) is 4.27. The number of anilines is 2. The molecule has 0 atom stereocenters. The summed E-state index contributed by atoms with van der Waals surface area (Å²) < 4.78 is 11.6. The van der Waals surface area contributed by atoms with Crippen molar-refractivity contribution in [3.8, 4) is 11.5 Å². The number of methoxy groups -OCH3 is 1. The number of hydrogen-bond acceptors (Lipinski definition) is 10. The van der Waals surface area contributed by atoms with Crippen molar-refractivity contribution in [1.29, 1.82) is 0 Å². The van der Waals surface area contributed by atoms with E-state index in [0.29, 0.717) is 52.6 Å². The second-order valence-electron chi connectivity index (χ2n) is 9.23. The molecule has 1 aliphatic heterocycles. The summed E-state index contributed by atoms with van der Waals surface area (Å²) in [5, 5.41) is 28.9. The lowest BCUT2D eigenvalue weighted by atomic mass is 10.1. The average Bonchev–Trinajstić information content (AvgIpc) is 2.95. The fraction of sp³-hybridized carbons (Fsp3) is 0.407. The van der Waals surface area contributed by atoms with Crippen molar-refractivity contribution in [1.82, 2.24) is 25.5 Å². The van der Waals surface area contributed by atoms with Gasteiger partial charge in [0.1, 0.15) is 18.8 Å². The Hall–Kier alpha value is -3.71. The standard InChI is InChI=1S/C27H33ClN6O6/c1-39-23-11-22-20-10-24(23)40-8-7-34(26(38)12-30-19(14-35)15-36)13-25(37)29-6-2-3-17-4-5-18(28)9-21(17)33-27(20)32-16-31-22/h4-5,9-11,16,19,30,35-36H,2-3,6-8,12-15H2,1H3,(H,29,37)(H,31,32,33). The number of carbonyl (C=O) groups is 2. The van der Waals surface area contributed by atoms with Crippen LogP contribution in [-0.4, -0.2) is 96.0 Å². The number of aliphatic hydroxyl groups is 2. The number of aromatic nitrogens is 2. The monoisotopic (exact) mass is 572 g/mol. The van der Waals surface area contributed by atoms with Gasteiger partial charge in [0.25, 0.3) is 0 Å². The molecule has 214 valence electrons. The summed E-state index contributed by atoms with van der Waals surface area (Å²) in [5.74, 6) is 0.738. The number of aliphatic hydroxyl groups excluding tert-OH is 2. The summed E-state index contributed by atoms with van der Waals surface area (Å²) in [4.78, 5) is 35.9. The first kappa shape index (κ1) is 29.3. The Balaban J connectivity index is 1.65. The second-order valence-corrected chi connectivity index (χ2v) is 9.67. The molecule has 3 aromatic rings. The van der Waals surface area contributed by atoms with Gasteiger partial charge in [0.05, 0.1) is 51.5 Å². The molecule has 4 rings (SSSR count). The van der Waals surface area contributed by atoms with Crippen molar-refractivity contribution < 1.29 is 29.3 Å². The lowest BCUT2D eigenvalue weighted by molar-refractivity contribution is -0.135. The fourth-order valence-corrected chi connectivity index (χ4v) is 4.44. The summed E-state index contributed by atoms with van der Waals surface area (Å²) in [6.45, 7) is -0.407. The van der Waals surface area contributed by atoms with Gasteiger partial charge < -0.3 is 40.5 Å². The molecule has 2 heterocycles. The number of carbonyl (C=O) groups excluding carboxylic acids is 2. The van der Waals surface area contributed by atoms with E-state index < -0.39 is 6.04 Å². The first-order chi connectivity index (χ1) is 19.4. The van der Waals surface area contributed by atoms with Crippen molar-refractivity contribution >= 4 is 45.8 Å². The third kappa shape index (κ3) is 7.48. The minimum atomic E-state index is -0.644. The molecular formula is C27H33ClN6O6. The number of ether oxygens (including phenoxy) is 2. The summed E-state index contributed by atoms with van der Waals surface area (Å²) >= 11 is 6.30. The Labute approximate surface area is 236 Å². The van der Waals surface area contributed by atoms with Gasteiger partial charge in [-0.25, -0.2) is 9.97 Å². The first-order valence-electron chi connectivity index (χ1n) is 12.9. The maximum Gasteiger partial charge on any atom is 0.239 e. The van der Waals surface area contributed by atoms with E-state index in [0.717, 1.165) is 11.3 Å². The zero-order chi connectivity index (χ0) is 28.5. The molecule has 0 saturated heterocycles. The minimum Gasteiger partial charge on any atom is -0.493 e. The highest BCUT2D eigenvalue weighted by Gasteiger charge is 2.20. The molecule has 0 fully saturated rings. The van der Waals surface area contributed by atoms with Gasteiger partial charge in [0, 0.05) is 28.7 Å². The number of aryl methyl sites for hydroxylation is 1. The topological polar surface area (TPSA) is 158 Å². The van der Waals surface area contributed by atoms with E-state index >= 15 is 0 Å². The van der Waals surface area contributed by atoms with Crippen molar-refractivity contribution in [2.24, 2.45) is 0 Å². The zero-order valence-electron chi connectivity index (χ0n) is 22.2. The average molecular weight is 573 g/mol. The minimum absolute atomic E-state index is 0.0687. The van der Waals surface area contributed by atoms with Gasteiger partial charge in [-0.3, -0.25) is 9.59 Å². The number of fused-ring (bicyclic) bond motifs is 2. The van der Waals surface area contributed by atoms with Crippen LogP contribution in [0.4, 0.5) is 11.5 Å². The van der Waals surface area contributed by atoms with Gasteiger partial charge in [0.2, 0.25) is 11.8 Å². The molecule has 0 radical (unpaired) electrons. The van der Waals surface area contributed by atoms with Gasteiger partial charge in [-0.1, -0.05) is 17.7 Å². The Morgan fingerprint density at radius 3 is 2.85 bits per heavy atom. The van der Waals surface area contributed by atoms with Gasteiger partial charge in [-0.15, -0.1) is 0 Å². The van der Waals surface area contributed by atoms with Crippen LogP contribution in [0.5, 0.6) is 11.5 Å². The van der Waals surface area contributed by atoms with Gasteiger partial charge >= 0.3 is 0 Å². The van der Waals surface area contributed by atoms with E-state index in [9.17, 15) is 19.8 Å². The zero-order valence-corrected chi connectivity index (χ0v) is 22.9. The highest BCUT2D eigenvalue weighted by Crippen LogP contribution is 2.35. The first-order valence-corrected chi connectivity index (χ1v) is 13.3. The summed E-state index contributed by atoms with van der Waals surface area (Å²) in [6, 6.07) is 8.44. The van der Waals surface area contributed by atoms with E-state index in [4.69, 9.17) is 21.1 Å². The predicted octanol–water partition coefficient (Wildman–Crippen LogP) is 1.25. The molecule has 0 saturated carbocycles. The molecule has 5 N–H and O–H groups in total. The highest BCUT2D eigenvalue weighted by molar-refractivity contribution is 6.30. The number of amides is 2. The van der Waals surface area contributed by atoms with Gasteiger partial charge in [0.15, 0.2) is 11.5 Å². The number of benzene rings is 2. The van der Waals surface area contributed by atoms with Crippen molar-refractivity contribution in [2.75, 3.05) is 58.4 Å². The lowest BCUT2D eigenvalue weighted by Gasteiger charge is -2.24. The highest BCUT2D eigenvalue weighted by atomic mass is 35.5. The summed E-state index contributed by atoms with van der Waals surface area (Å²) in [6.07, 6.45) is 2.77. The molecule has 2 aromatic carbocycles. The maximum atomic E-state index is 13.0. The van der Waals surface area contributed by atoms with Crippen LogP contribution in [0.25, 0.3) is 10.9 Å². The Kier molecular flexibility index (Phi) is 10.3. The van der Waals surface area contributed by atoms with E-state index in [1.54, 1.807) is 12.1 Å². The third-order valence-electron chi connectivity index (χ3n) is 6.48.